The Balaban J connectivity index is 4.53. The Bertz CT molecular complexity index is 214. The second-order valence-electron chi connectivity index (χ2n) is 3.99. The van der Waals surface area contributed by atoms with E-state index in [0.29, 0.717) is 0 Å². The van der Waals surface area contributed by atoms with E-state index in [-0.39, 0.29) is 5.41 Å². The predicted octanol–water partition coefficient (Wildman–Crippen LogP) is 3.58. The molecule has 0 amide bonds. The lowest BCUT2D eigenvalue weighted by Gasteiger charge is -2.19. The summed E-state index contributed by atoms with van der Waals surface area (Å²) in [6, 6.07) is 0. The Morgan fingerprint density at radius 1 is 1.33 bits per heavy atom. The molecule has 0 aromatic rings. The van der Waals surface area contributed by atoms with Crippen LogP contribution < -0.4 is 0 Å². The van der Waals surface area contributed by atoms with E-state index >= 15 is 0 Å². The molecule has 68 valence electrons. The molecule has 0 aliphatic rings. The molecule has 12 heavy (non-hydrogen) atoms. The zero-order valence-electron chi connectivity index (χ0n) is 8.81. The molecule has 0 aromatic heterocycles. The first-order valence-corrected chi connectivity index (χ1v) is 4.24. The highest BCUT2D eigenvalue weighted by Crippen LogP contribution is 2.23. The smallest absolute Gasteiger partial charge is 0.0304 e. The van der Waals surface area contributed by atoms with Crippen molar-refractivity contribution in [2.75, 3.05) is 0 Å². The van der Waals surface area contributed by atoms with Gasteiger partial charge in [0, 0.05) is 11.9 Å². The van der Waals surface area contributed by atoms with Gasteiger partial charge in [-0.05, 0) is 24.8 Å². The van der Waals surface area contributed by atoms with Crippen LogP contribution in [-0.4, -0.2) is 6.21 Å². The van der Waals surface area contributed by atoms with Crippen LogP contribution in [0.25, 0.3) is 0 Å². The van der Waals surface area contributed by atoms with E-state index in [2.05, 4.69) is 38.4 Å². The Morgan fingerprint density at radius 3 is 2.08 bits per heavy atom. The number of allylic oxidation sites excluding steroid dienone is 3. The van der Waals surface area contributed by atoms with Crippen LogP contribution in [0.3, 0.4) is 0 Å². The molecule has 0 bridgehead atoms. The maximum Gasteiger partial charge on any atom is 0.0304 e. The fourth-order valence-corrected chi connectivity index (χ4v) is 0.881. The molecule has 0 aliphatic carbocycles. The van der Waals surface area contributed by atoms with Crippen molar-refractivity contribution in [1.29, 1.82) is 0 Å². The molecule has 0 heterocycles. The second kappa shape index (κ2) is 4.24. The lowest BCUT2D eigenvalue weighted by atomic mass is 9.87. The Kier molecular flexibility index (Phi) is 3.94. The summed E-state index contributed by atoms with van der Waals surface area (Å²) in [5, 5.41) is 0. The number of hydrogen-bond donors (Lipinski definition) is 0. The summed E-state index contributed by atoms with van der Waals surface area (Å²) in [6.45, 7) is 14.2. The second-order valence-corrected chi connectivity index (χ2v) is 3.99. The lowest BCUT2D eigenvalue weighted by molar-refractivity contribution is 0.526. The van der Waals surface area contributed by atoms with Crippen LogP contribution >= 0.6 is 0 Å². The van der Waals surface area contributed by atoms with Crippen LogP contribution in [0.4, 0.5) is 0 Å². The van der Waals surface area contributed by atoms with E-state index in [4.69, 9.17) is 0 Å². The molecule has 0 spiro atoms. The van der Waals surface area contributed by atoms with Crippen molar-refractivity contribution >= 4 is 6.21 Å². The van der Waals surface area contributed by atoms with E-state index in [1.165, 1.54) is 5.57 Å². The first kappa shape index (κ1) is 11.2. The highest BCUT2D eigenvalue weighted by atomic mass is 14.7. The number of rotatable bonds is 2. The minimum Gasteiger partial charge on any atom is -0.262 e. The zero-order chi connectivity index (χ0) is 9.78. The molecule has 1 nitrogen and oxygen atoms in total. The third-order valence-electron chi connectivity index (χ3n) is 1.60. The number of aliphatic imine (C=N–C) groups is 1. The topological polar surface area (TPSA) is 12.4 Å². The van der Waals surface area contributed by atoms with Crippen molar-refractivity contribution < 1.29 is 0 Å². The summed E-state index contributed by atoms with van der Waals surface area (Å²) >= 11 is 0. The van der Waals surface area contributed by atoms with E-state index in [1.54, 1.807) is 0 Å². The quantitative estimate of drug-likeness (QED) is 0.554. The highest BCUT2D eigenvalue weighted by molar-refractivity contribution is 5.80. The van der Waals surface area contributed by atoms with Gasteiger partial charge < -0.3 is 0 Å². The van der Waals surface area contributed by atoms with Gasteiger partial charge in [0.15, 0.2) is 0 Å². The zero-order valence-corrected chi connectivity index (χ0v) is 8.81. The Morgan fingerprint density at radius 2 is 1.83 bits per heavy atom. The van der Waals surface area contributed by atoms with Gasteiger partial charge in [-0.3, -0.25) is 4.99 Å². The summed E-state index contributed by atoms with van der Waals surface area (Å²) in [6.07, 6.45) is 3.98. The van der Waals surface area contributed by atoms with Gasteiger partial charge in [-0.1, -0.05) is 33.4 Å². The number of hydrogen-bond acceptors (Lipinski definition) is 1. The van der Waals surface area contributed by atoms with Crippen LogP contribution in [0.2, 0.25) is 0 Å². The molecule has 0 radical (unpaired) electrons. The predicted molar refractivity (Wildman–Crippen MR) is 56.5 cm³/mol. The fourth-order valence-electron chi connectivity index (χ4n) is 0.881. The van der Waals surface area contributed by atoms with Crippen molar-refractivity contribution in [1.82, 2.24) is 0 Å². The average Bonchev–Trinajstić information content (AvgIpc) is 1.85. The highest BCUT2D eigenvalue weighted by Gasteiger charge is 2.13. The van der Waals surface area contributed by atoms with Crippen molar-refractivity contribution in [3.63, 3.8) is 0 Å². The SMILES string of the molecule is C=C(C)/N=C\C(=C/C)C(C)(C)C. The van der Waals surface area contributed by atoms with Crippen LogP contribution in [0.1, 0.15) is 34.6 Å². The first-order chi connectivity index (χ1) is 5.38. The summed E-state index contributed by atoms with van der Waals surface area (Å²) in [5.74, 6) is 0. The summed E-state index contributed by atoms with van der Waals surface area (Å²) in [5.41, 5.74) is 2.26. The van der Waals surface area contributed by atoms with E-state index < -0.39 is 0 Å². The van der Waals surface area contributed by atoms with E-state index in [1.807, 2.05) is 20.1 Å². The summed E-state index contributed by atoms with van der Waals surface area (Å²) in [7, 11) is 0. The minimum absolute atomic E-state index is 0.174. The average molecular weight is 165 g/mol. The molecule has 0 saturated carbocycles. The third kappa shape index (κ3) is 4.12. The third-order valence-corrected chi connectivity index (χ3v) is 1.60. The van der Waals surface area contributed by atoms with Gasteiger partial charge >= 0.3 is 0 Å². The molecule has 1 heteroatoms. The summed E-state index contributed by atoms with van der Waals surface area (Å²) < 4.78 is 0. The van der Waals surface area contributed by atoms with Gasteiger partial charge in [0.05, 0.1) is 0 Å². The largest absolute Gasteiger partial charge is 0.262 e. The first-order valence-electron chi connectivity index (χ1n) is 4.24. The van der Waals surface area contributed by atoms with Crippen molar-refractivity contribution in [2.45, 2.75) is 34.6 Å². The van der Waals surface area contributed by atoms with Crippen molar-refractivity contribution in [3.8, 4) is 0 Å². The molecule has 0 rings (SSSR count). The van der Waals surface area contributed by atoms with Crippen LogP contribution in [0, 0.1) is 5.41 Å². The molecule has 0 atom stereocenters. The van der Waals surface area contributed by atoms with Crippen molar-refractivity contribution in [3.05, 3.63) is 23.9 Å². The molecule has 0 fully saturated rings. The molecular weight excluding hydrogens is 146 g/mol. The monoisotopic (exact) mass is 165 g/mol. The Hall–Kier alpha value is -0.850. The van der Waals surface area contributed by atoms with Crippen LogP contribution in [0.15, 0.2) is 28.9 Å². The van der Waals surface area contributed by atoms with Crippen molar-refractivity contribution in [2.24, 2.45) is 10.4 Å². The maximum absolute atomic E-state index is 4.17. The normalized spacial score (nSPS) is 13.9. The molecule has 0 saturated heterocycles. The standard InChI is InChI=1S/C11H19N/c1-7-10(11(4,5)6)8-12-9(2)3/h7-8H,2H2,1,3-6H3/b10-7+,12-8-. The Labute approximate surface area is 75.9 Å². The van der Waals surface area contributed by atoms with Gasteiger partial charge in [-0.15, -0.1) is 0 Å². The van der Waals surface area contributed by atoms with Gasteiger partial charge in [-0.25, -0.2) is 0 Å². The van der Waals surface area contributed by atoms with Gasteiger partial charge in [0.1, 0.15) is 0 Å². The van der Waals surface area contributed by atoms with E-state index in [9.17, 15) is 0 Å². The lowest BCUT2D eigenvalue weighted by Crippen LogP contribution is -2.10. The summed E-state index contributed by atoms with van der Waals surface area (Å²) in [4.78, 5) is 4.17. The number of nitrogens with zero attached hydrogens (tertiary/aromatic N) is 1. The molecule has 0 N–H and O–H groups in total. The van der Waals surface area contributed by atoms with Gasteiger partial charge in [-0.2, -0.15) is 0 Å². The molecule has 0 unspecified atom stereocenters. The molecule has 0 aliphatic heterocycles. The van der Waals surface area contributed by atoms with Crippen LogP contribution in [-0.2, 0) is 0 Å². The fraction of sp³-hybridized carbons (Fsp3) is 0.545. The van der Waals surface area contributed by atoms with Crippen LogP contribution in [0.5, 0.6) is 0 Å². The molecule has 0 aromatic carbocycles. The minimum atomic E-state index is 0.174. The molecular formula is C11H19N. The van der Waals surface area contributed by atoms with E-state index in [0.717, 1.165) is 5.70 Å². The van der Waals surface area contributed by atoms with Gasteiger partial charge in [0.25, 0.3) is 0 Å². The maximum atomic E-state index is 4.17. The van der Waals surface area contributed by atoms with Gasteiger partial charge in [0.2, 0.25) is 0 Å².